The molecule has 0 spiro atoms. The maximum Gasteiger partial charge on any atom is 0.322 e. The number of carbonyl (C=O) groups excluding carboxylic acids is 2. The number of fused-ring (bicyclic) bond motifs is 1. The van der Waals surface area contributed by atoms with Gasteiger partial charge in [0, 0.05) is 4.88 Å². The number of esters is 1. The molecule has 0 saturated heterocycles. The van der Waals surface area contributed by atoms with Gasteiger partial charge < -0.3 is 10.1 Å². The first-order valence-corrected chi connectivity index (χ1v) is 10.5. The van der Waals surface area contributed by atoms with Crippen LogP contribution in [0.5, 0.6) is 0 Å². The van der Waals surface area contributed by atoms with E-state index in [4.69, 9.17) is 4.74 Å². The van der Waals surface area contributed by atoms with Crippen LogP contribution in [0.15, 0.2) is 0 Å². The number of hydrogen-bond donors (Lipinski definition) is 2. The first kappa shape index (κ1) is 19.8. The smallest absolute Gasteiger partial charge is 0.322 e. The molecule has 1 amide bonds. The summed E-state index contributed by atoms with van der Waals surface area (Å²) in [6, 6.07) is 1.72. The summed E-state index contributed by atoms with van der Waals surface area (Å²) >= 11 is 3.13. The number of nitriles is 1. The van der Waals surface area contributed by atoms with E-state index in [1.807, 2.05) is 6.26 Å². The number of amides is 1. The van der Waals surface area contributed by atoms with E-state index in [0.717, 1.165) is 37.0 Å². The van der Waals surface area contributed by atoms with Gasteiger partial charge in [0.1, 0.15) is 17.1 Å². The molecule has 25 heavy (non-hydrogen) atoms. The lowest BCUT2D eigenvalue weighted by Gasteiger charge is -2.15. The first-order chi connectivity index (χ1) is 12.1. The number of hydrogen-bond acceptors (Lipinski definition) is 7. The number of thiophene rings is 1. The van der Waals surface area contributed by atoms with E-state index in [1.165, 1.54) is 23.3 Å². The number of rotatable bonds is 8. The molecular formula is C17H23N3O3S2. The minimum atomic E-state index is -0.504. The van der Waals surface area contributed by atoms with Gasteiger partial charge in [-0.15, -0.1) is 11.3 Å². The number of nitrogens with one attached hydrogen (secondary N) is 2. The van der Waals surface area contributed by atoms with Gasteiger partial charge in [-0.25, -0.2) is 0 Å². The molecule has 1 aromatic heterocycles. The van der Waals surface area contributed by atoms with Gasteiger partial charge in [-0.3, -0.25) is 14.9 Å². The molecule has 8 heteroatoms. The van der Waals surface area contributed by atoms with Crippen molar-refractivity contribution >= 4 is 40.0 Å². The average Bonchev–Trinajstić information content (AvgIpc) is 2.97. The zero-order valence-corrected chi connectivity index (χ0v) is 16.1. The number of carbonyl (C=O) groups is 2. The largest absolute Gasteiger partial charge is 0.468 e. The van der Waals surface area contributed by atoms with Crippen molar-refractivity contribution in [2.75, 3.05) is 31.0 Å². The molecule has 1 aromatic rings. The highest BCUT2D eigenvalue weighted by molar-refractivity contribution is 7.98. The molecule has 1 aliphatic rings. The summed E-state index contributed by atoms with van der Waals surface area (Å²) in [6.45, 7) is 0.00157. The van der Waals surface area contributed by atoms with Crippen LogP contribution in [0.25, 0.3) is 0 Å². The topological polar surface area (TPSA) is 91.2 Å². The third-order valence-corrected chi connectivity index (χ3v) is 5.99. The monoisotopic (exact) mass is 381 g/mol. The Morgan fingerprint density at radius 3 is 2.84 bits per heavy atom. The Bertz CT molecular complexity index is 667. The summed E-state index contributed by atoms with van der Waals surface area (Å²) in [4.78, 5) is 25.2. The number of ether oxygens (including phenoxy) is 1. The molecule has 0 aliphatic heterocycles. The van der Waals surface area contributed by atoms with Gasteiger partial charge in [-0.1, -0.05) is 0 Å². The Hall–Kier alpha value is -1.56. The highest BCUT2D eigenvalue weighted by Crippen LogP contribution is 2.37. The zero-order valence-electron chi connectivity index (χ0n) is 14.5. The van der Waals surface area contributed by atoms with Gasteiger partial charge in [0.05, 0.1) is 19.2 Å². The third kappa shape index (κ3) is 5.21. The zero-order chi connectivity index (χ0) is 18.2. The Morgan fingerprint density at radius 2 is 2.16 bits per heavy atom. The number of anilines is 1. The van der Waals surface area contributed by atoms with Crippen LogP contribution in [-0.4, -0.2) is 43.6 Å². The van der Waals surface area contributed by atoms with E-state index >= 15 is 0 Å². The van der Waals surface area contributed by atoms with Gasteiger partial charge in [0.2, 0.25) is 5.91 Å². The Kier molecular flexibility index (Phi) is 7.75. The van der Waals surface area contributed by atoms with Crippen molar-refractivity contribution in [3.05, 3.63) is 16.0 Å². The molecule has 2 N–H and O–H groups in total. The van der Waals surface area contributed by atoms with Crippen molar-refractivity contribution in [3.8, 4) is 6.07 Å². The standard InChI is InChI=1S/C17H23N3O3S2/c1-23-17(22)13(7-8-24-2)19-10-15(21)20-16-12(9-18)11-5-3-4-6-14(11)25-16/h13,19H,3-8,10H2,1-2H3,(H,20,21)/t13-/m1/s1. The van der Waals surface area contributed by atoms with Gasteiger partial charge in [-0.2, -0.15) is 17.0 Å². The lowest BCUT2D eigenvalue weighted by atomic mass is 9.96. The molecular weight excluding hydrogens is 358 g/mol. The molecule has 1 heterocycles. The Labute approximate surface area is 156 Å². The maximum atomic E-state index is 12.2. The van der Waals surface area contributed by atoms with Crippen LogP contribution < -0.4 is 10.6 Å². The summed E-state index contributed by atoms with van der Waals surface area (Å²) in [7, 11) is 1.34. The second kappa shape index (κ2) is 9.80. The fraction of sp³-hybridized carbons (Fsp3) is 0.588. The van der Waals surface area contributed by atoms with Crippen molar-refractivity contribution < 1.29 is 14.3 Å². The van der Waals surface area contributed by atoms with Gasteiger partial charge in [-0.05, 0) is 49.7 Å². The van der Waals surface area contributed by atoms with Crippen LogP contribution in [0.3, 0.4) is 0 Å². The molecule has 0 fully saturated rings. The summed E-state index contributed by atoms with van der Waals surface area (Å²) < 4.78 is 4.77. The number of methoxy groups -OCH3 is 1. The van der Waals surface area contributed by atoms with Crippen molar-refractivity contribution in [2.45, 2.75) is 38.1 Å². The summed E-state index contributed by atoms with van der Waals surface area (Å²) in [5.41, 5.74) is 1.69. The van der Waals surface area contributed by atoms with E-state index < -0.39 is 6.04 Å². The van der Waals surface area contributed by atoms with Crippen LogP contribution in [0.4, 0.5) is 5.00 Å². The fourth-order valence-corrected chi connectivity index (χ4v) is 4.57. The second-order valence-electron chi connectivity index (χ2n) is 5.81. The van der Waals surface area contributed by atoms with E-state index in [9.17, 15) is 14.9 Å². The van der Waals surface area contributed by atoms with Crippen molar-refractivity contribution in [3.63, 3.8) is 0 Å². The number of nitrogens with zero attached hydrogens (tertiary/aromatic N) is 1. The van der Waals surface area contributed by atoms with Crippen molar-refractivity contribution in [1.29, 1.82) is 5.26 Å². The van der Waals surface area contributed by atoms with Gasteiger partial charge >= 0.3 is 5.97 Å². The molecule has 0 bridgehead atoms. The minimum Gasteiger partial charge on any atom is -0.468 e. The highest BCUT2D eigenvalue weighted by Gasteiger charge is 2.23. The molecule has 0 aromatic carbocycles. The molecule has 0 saturated carbocycles. The van der Waals surface area contributed by atoms with Crippen LogP contribution in [0.1, 0.15) is 35.3 Å². The minimum absolute atomic E-state index is 0.00157. The van der Waals surface area contributed by atoms with Gasteiger partial charge in [0.15, 0.2) is 0 Å². The predicted octanol–water partition coefficient (Wildman–Crippen LogP) is 2.32. The predicted molar refractivity (Wildman–Crippen MR) is 101 cm³/mol. The lowest BCUT2D eigenvalue weighted by Crippen LogP contribution is -2.42. The molecule has 1 aliphatic carbocycles. The first-order valence-electron chi connectivity index (χ1n) is 8.25. The maximum absolute atomic E-state index is 12.2. The third-order valence-electron chi connectivity index (χ3n) is 4.14. The van der Waals surface area contributed by atoms with E-state index in [0.29, 0.717) is 17.0 Å². The van der Waals surface area contributed by atoms with Gasteiger partial charge in [0.25, 0.3) is 0 Å². The quantitative estimate of drug-likeness (QED) is 0.672. The molecule has 2 rings (SSSR count). The Balaban J connectivity index is 1.97. The number of aryl methyl sites for hydroxylation is 1. The normalized spacial score (nSPS) is 14.3. The molecule has 6 nitrogen and oxygen atoms in total. The lowest BCUT2D eigenvalue weighted by molar-refractivity contribution is -0.143. The highest BCUT2D eigenvalue weighted by atomic mass is 32.2. The van der Waals surface area contributed by atoms with Crippen molar-refractivity contribution in [1.82, 2.24) is 5.32 Å². The second-order valence-corrected chi connectivity index (χ2v) is 7.90. The van der Waals surface area contributed by atoms with Crippen LogP contribution in [-0.2, 0) is 27.2 Å². The molecule has 0 unspecified atom stereocenters. The SMILES string of the molecule is COC(=O)[C@@H](CCSC)NCC(=O)Nc1sc2c(c1C#N)CCCC2. The van der Waals surface area contributed by atoms with Crippen LogP contribution in [0.2, 0.25) is 0 Å². The van der Waals surface area contributed by atoms with E-state index in [-0.39, 0.29) is 18.4 Å². The molecule has 1 atom stereocenters. The molecule has 0 radical (unpaired) electrons. The summed E-state index contributed by atoms with van der Waals surface area (Å²) in [5, 5.41) is 15.8. The fourth-order valence-electron chi connectivity index (χ4n) is 2.84. The molecule has 136 valence electrons. The summed E-state index contributed by atoms with van der Waals surface area (Å²) in [5.74, 6) is 0.171. The number of thioether (sulfide) groups is 1. The Morgan fingerprint density at radius 1 is 1.40 bits per heavy atom. The van der Waals surface area contributed by atoms with Crippen LogP contribution >= 0.6 is 23.1 Å². The van der Waals surface area contributed by atoms with E-state index in [2.05, 4.69) is 16.7 Å². The summed E-state index contributed by atoms with van der Waals surface area (Å²) in [6.07, 6.45) is 6.65. The average molecular weight is 382 g/mol. The van der Waals surface area contributed by atoms with Crippen molar-refractivity contribution in [2.24, 2.45) is 0 Å². The van der Waals surface area contributed by atoms with Crippen LogP contribution in [0, 0.1) is 11.3 Å². The van der Waals surface area contributed by atoms with E-state index in [1.54, 1.807) is 11.8 Å².